The zero-order chi connectivity index (χ0) is 13.3. The molecular formula is C15H23N3O. The number of hydrogen-bond acceptors (Lipinski definition) is 4. The van der Waals surface area contributed by atoms with Crippen LogP contribution in [0.4, 0.5) is 0 Å². The maximum Gasteiger partial charge on any atom is 0.212 e. The number of ether oxygens (including phenoxy) is 1. The number of nitrogens with zero attached hydrogens (tertiary/aromatic N) is 2. The predicted molar refractivity (Wildman–Crippen MR) is 75.2 cm³/mol. The molecule has 0 spiro atoms. The van der Waals surface area contributed by atoms with Gasteiger partial charge in [-0.25, -0.2) is 4.98 Å². The van der Waals surface area contributed by atoms with Crippen molar-refractivity contribution in [2.24, 2.45) is 5.92 Å². The van der Waals surface area contributed by atoms with Gasteiger partial charge in [-0.1, -0.05) is 6.07 Å². The molecule has 4 nitrogen and oxygen atoms in total. The average molecular weight is 261 g/mol. The van der Waals surface area contributed by atoms with Gasteiger partial charge in [0.25, 0.3) is 0 Å². The second-order valence-corrected chi connectivity index (χ2v) is 6.04. The van der Waals surface area contributed by atoms with Crippen molar-refractivity contribution in [1.29, 1.82) is 0 Å². The topological polar surface area (TPSA) is 37.4 Å². The van der Waals surface area contributed by atoms with Crippen LogP contribution in [-0.2, 0) is 6.54 Å². The van der Waals surface area contributed by atoms with E-state index in [0.717, 1.165) is 32.1 Å². The van der Waals surface area contributed by atoms with E-state index in [4.69, 9.17) is 4.74 Å². The van der Waals surface area contributed by atoms with Crippen LogP contribution in [0.5, 0.6) is 5.88 Å². The summed E-state index contributed by atoms with van der Waals surface area (Å²) in [5.74, 6) is 1.57. The van der Waals surface area contributed by atoms with Crippen LogP contribution in [0.3, 0.4) is 0 Å². The lowest BCUT2D eigenvalue weighted by Crippen LogP contribution is -2.59. The van der Waals surface area contributed by atoms with Crippen LogP contribution >= 0.6 is 0 Å². The first-order chi connectivity index (χ1) is 9.19. The van der Waals surface area contributed by atoms with E-state index in [2.05, 4.69) is 28.2 Å². The molecule has 1 saturated heterocycles. The number of aromatic nitrogens is 1. The van der Waals surface area contributed by atoms with Gasteiger partial charge in [-0.2, -0.15) is 0 Å². The SMILES string of the molecule is COc1ccc(CN2CCNC(C)(C3CC3)C2)cn1. The summed E-state index contributed by atoms with van der Waals surface area (Å²) < 4.78 is 5.10. The third-order valence-electron chi connectivity index (χ3n) is 4.40. The van der Waals surface area contributed by atoms with Crippen molar-refractivity contribution < 1.29 is 4.74 Å². The van der Waals surface area contributed by atoms with Crippen molar-refractivity contribution in [3.05, 3.63) is 23.9 Å². The highest BCUT2D eigenvalue weighted by atomic mass is 16.5. The molecular weight excluding hydrogens is 238 g/mol. The molecule has 0 bridgehead atoms. The molecule has 1 aromatic heterocycles. The Morgan fingerprint density at radius 2 is 2.32 bits per heavy atom. The van der Waals surface area contributed by atoms with E-state index in [1.165, 1.54) is 18.4 Å². The van der Waals surface area contributed by atoms with Crippen molar-refractivity contribution in [3.8, 4) is 5.88 Å². The molecule has 104 valence electrons. The standard InChI is InChI=1S/C15H23N3O/c1-15(13-4-5-13)11-18(8-7-17-15)10-12-3-6-14(19-2)16-9-12/h3,6,9,13,17H,4-5,7-8,10-11H2,1-2H3. The van der Waals surface area contributed by atoms with Crippen molar-refractivity contribution in [2.45, 2.75) is 31.8 Å². The molecule has 0 amide bonds. The van der Waals surface area contributed by atoms with Gasteiger partial charge in [-0.15, -0.1) is 0 Å². The zero-order valence-electron chi connectivity index (χ0n) is 11.9. The van der Waals surface area contributed by atoms with Crippen molar-refractivity contribution >= 4 is 0 Å². The lowest BCUT2D eigenvalue weighted by molar-refractivity contribution is 0.121. The first-order valence-electron chi connectivity index (χ1n) is 7.16. The summed E-state index contributed by atoms with van der Waals surface area (Å²) in [6, 6.07) is 4.06. The Labute approximate surface area is 115 Å². The van der Waals surface area contributed by atoms with Gasteiger partial charge in [-0.05, 0) is 31.2 Å². The molecule has 1 aliphatic carbocycles. The largest absolute Gasteiger partial charge is 0.481 e. The van der Waals surface area contributed by atoms with E-state index in [1.54, 1.807) is 7.11 Å². The van der Waals surface area contributed by atoms with Gasteiger partial charge in [0, 0.05) is 44.0 Å². The number of methoxy groups -OCH3 is 1. The lowest BCUT2D eigenvalue weighted by Gasteiger charge is -2.42. The van der Waals surface area contributed by atoms with Crippen LogP contribution in [0.2, 0.25) is 0 Å². The molecule has 1 saturated carbocycles. The number of piperazine rings is 1. The Balaban J connectivity index is 1.62. The molecule has 1 aliphatic heterocycles. The van der Waals surface area contributed by atoms with Crippen LogP contribution in [-0.4, -0.2) is 42.2 Å². The molecule has 2 heterocycles. The predicted octanol–water partition coefficient (Wildman–Crippen LogP) is 1.66. The van der Waals surface area contributed by atoms with Crippen LogP contribution in [0.25, 0.3) is 0 Å². The maximum atomic E-state index is 5.10. The van der Waals surface area contributed by atoms with Crippen LogP contribution in [0, 0.1) is 5.92 Å². The lowest BCUT2D eigenvalue weighted by atomic mass is 9.93. The minimum atomic E-state index is 0.318. The number of hydrogen-bond donors (Lipinski definition) is 1. The molecule has 1 aromatic rings. The average Bonchev–Trinajstić information content (AvgIpc) is 3.24. The van der Waals surface area contributed by atoms with Crippen LogP contribution in [0.1, 0.15) is 25.3 Å². The Morgan fingerprint density at radius 3 is 2.95 bits per heavy atom. The highest BCUT2D eigenvalue weighted by Gasteiger charge is 2.43. The second-order valence-electron chi connectivity index (χ2n) is 6.04. The Hall–Kier alpha value is -1.13. The summed E-state index contributed by atoms with van der Waals surface area (Å²) in [5, 5.41) is 3.71. The van der Waals surface area contributed by atoms with E-state index in [1.807, 2.05) is 12.3 Å². The Kier molecular flexibility index (Phi) is 3.46. The van der Waals surface area contributed by atoms with Gasteiger partial charge in [0.2, 0.25) is 5.88 Å². The van der Waals surface area contributed by atoms with Crippen LogP contribution in [0.15, 0.2) is 18.3 Å². The van der Waals surface area contributed by atoms with Gasteiger partial charge in [0.15, 0.2) is 0 Å². The molecule has 1 unspecified atom stereocenters. The third kappa shape index (κ3) is 2.90. The monoisotopic (exact) mass is 261 g/mol. The third-order valence-corrected chi connectivity index (χ3v) is 4.40. The number of nitrogens with one attached hydrogen (secondary N) is 1. The first-order valence-corrected chi connectivity index (χ1v) is 7.16. The second kappa shape index (κ2) is 5.10. The van der Waals surface area contributed by atoms with Crippen molar-refractivity contribution in [3.63, 3.8) is 0 Å². The highest BCUT2D eigenvalue weighted by Crippen LogP contribution is 2.40. The van der Waals surface area contributed by atoms with Crippen LogP contribution < -0.4 is 10.1 Å². The fourth-order valence-corrected chi connectivity index (χ4v) is 3.11. The molecule has 0 radical (unpaired) electrons. The van der Waals surface area contributed by atoms with E-state index >= 15 is 0 Å². The van der Waals surface area contributed by atoms with E-state index in [0.29, 0.717) is 11.4 Å². The smallest absolute Gasteiger partial charge is 0.212 e. The highest BCUT2D eigenvalue weighted by molar-refractivity contribution is 5.18. The van der Waals surface area contributed by atoms with Gasteiger partial charge in [-0.3, -0.25) is 4.90 Å². The van der Waals surface area contributed by atoms with Crippen molar-refractivity contribution in [2.75, 3.05) is 26.7 Å². The molecule has 2 aliphatic rings. The van der Waals surface area contributed by atoms with Gasteiger partial charge >= 0.3 is 0 Å². The summed E-state index contributed by atoms with van der Waals surface area (Å²) in [6.45, 7) is 6.72. The van der Waals surface area contributed by atoms with E-state index in [-0.39, 0.29) is 0 Å². The maximum absolute atomic E-state index is 5.10. The number of rotatable bonds is 4. The number of pyridine rings is 1. The fourth-order valence-electron chi connectivity index (χ4n) is 3.11. The summed E-state index contributed by atoms with van der Waals surface area (Å²) in [7, 11) is 1.65. The Bertz CT molecular complexity index is 430. The summed E-state index contributed by atoms with van der Waals surface area (Å²) in [4.78, 5) is 6.82. The van der Waals surface area contributed by atoms with Gasteiger partial charge in [0.1, 0.15) is 0 Å². The van der Waals surface area contributed by atoms with E-state index in [9.17, 15) is 0 Å². The van der Waals surface area contributed by atoms with Gasteiger partial charge < -0.3 is 10.1 Å². The minimum Gasteiger partial charge on any atom is -0.481 e. The molecule has 2 fully saturated rings. The molecule has 0 aromatic carbocycles. The molecule has 19 heavy (non-hydrogen) atoms. The first kappa shape index (κ1) is 12.9. The fraction of sp³-hybridized carbons (Fsp3) is 0.667. The molecule has 4 heteroatoms. The molecule has 1 atom stereocenters. The summed E-state index contributed by atoms with van der Waals surface area (Å²) in [6.07, 6.45) is 4.71. The summed E-state index contributed by atoms with van der Waals surface area (Å²) >= 11 is 0. The molecule has 1 N–H and O–H groups in total. The van der Waals surface area contributed by atoms with Gasteiger partial charge in [0.05, 0.1) is 7.11 Å². The van der Waals surface area contributed by atoms with Crippen molar-refractivity contribution in [1.82, 2.24) is 15.2 Å². The minimum absolute atomic E-state index is 0.318. The molecule has 3 rings (SSSR count). The normalized spacial score (nSPS) is 28.3. The quantitative estimate of drug-likeness (QED) is 0.894. The Morgan fingerprint density at radius 1 is 1.47 bits per heavy atom. The summed E-state index contributed by atoms with van der Waals surface area (Å²) in [5.41, 5.74) is 1.58. The zero-order valence-corrected chi connectivity index (χ0v) is 11.9. The van der Waals surface area contributed by atoms with E-state index < -0.39 is 0 Å².